The minimum Gasteiger partial charge on any atom is -0.497 e. The van der Waals surface area contributed by atoms with Crippen LogP contribution in [0.25, 0.3) is 0 Å². The van der Waals surface area contributed by atoms with E-state index in [0.717, 1.165) is 11.3 Å². The van der Waals surface area contributed by atoms with Gasteiger partial charge in [-0.25, -0.2) is 0 Å². The number of amides is 1. The van der Waals surface area contributed by atoms with Gasteiger partial charge in [-0.2, -0.15) is 0 Å². The van der Waals surface area contributed by atoms with E-state index in [9.17, 15) is 14.9 Å². The maximum absolute atomic E-state index is 14.1. The second kappa shape index (κ2) is 10.9. The number of nitro groups is 1. The average Bonchev–Trinajstić information content (AvgIpc) is 3.41. The molecule has 0 fully saturated rings. The number of methoxy groups -OCH3 is 1. The first-order chi connectivity index (χ1) is 18.5. The van der Waals surface area contributed by atoms with Crippen LogP contribution in [0.5, 0.6) is 17.2 Å². The van der Waals surface area contributed by atoms with Gasteiger partial charge in [-0.15, -0.1) is 0 Å². The Bertz CT molecular complexity index is 1430. The van der Waals surface area contributed by atoms with E-state index < -0.39 is 16.9 Å². The minimum absolute atomic E-state index is 0.0505. The molecule has 0 radical (unpaired) electrons. The van der Waals surface area contributed by atoms with Gasteiger partial charge in [-0.1, -0.05) is 48.5 Å². The quantitative estimate of drug-likeness (QED) is 0.226. The molecule has 192 valence electrons. The number of anilines is 2. The number of hydrogen-bond donors (Lipinski definition) is 1. The van der Waals surface area contributed by atoms with Crippen LogP contribution in [0.2, 0.25) is 0 Å². The van der Waals surface area contributed by atoms with E-state index in [0.29, 0.717) is 23.7 Å². The molecule has 1 aliphatic rings. The Morgan fingerprint density at radius 3 is 2.24 bits per heavy atom. The molecule has 0 aliphatic carbocycles. The third-order valence-electron chi connectivity index (χ3n) is 6.21. The van der Waals surface area contributed by atoms with Crippen molar-refractivity contribution in [2.45, 2.75) is 12.6 Å². The normalized spacial score (nSPS) is 12.4. The van der Waals surface area contributed by atoms with Gasteiger partial charge in [0.2, 0.25) is 6.79 Å². The topological polar surface area (TPSA) is 103 Å². The highest BCUT2D eigenvalue weighted by Crippen LogP contribution is 2.43. The fourth-order valence-corrected chi connectivity index (χ4v) is 4.39. The van der Waals surface area contributed by atoms with Gasteiger partial charge in [0.25, 0.3) is 11.6 Å². The third-order valence-corrected chi connectivity index (χ3v) is 6.21. The highest BCUT2D eigenvalue weighted by Gasteiger charge is 2.36. The van der Waals surface area contributed by atoms with Crippen molar-refractivity contribution in [1.29, 1.82) is 0 Å². The predicted octanol–water partition coefficient (Wildman–Crippen LogP) is 5.72. The molecular weight excluding hydrogens is 486 g/mol. The standard InChI is InChI=1S/C29H25N3O6/c1-36-23-14-12-21(13-15-23)30-29(33)28(24-16-26-27(38-19-37-26)17-25(24)32(34)35)31(22-10-6-3-7-11-22)18-20-8-4-2-5-9-20/h2-17,28H,18-19H2,1H3,(H,30,33)/t28-/m1/s1. The van der Waals surface area contributed by atoms with Crippen LogP contribution in [-0.4, -0.2) is 24.7 Å². The molecule has 38 heavy (non-hydrogen) atoms. The lowest BCUT2D eigenvalue weighted by Crippen LogP contribution is -2.37. The second-order valence-corrected chi connectivity index (χ2v) is 8.59. The Balaban J connectivity index is 1.65. The lowest BCUT2D eigenvalue weighted by Gasteiger charge is -2.33. The predicted molar refractivity (Wildman–Crippen MR) is 143 cm³/mol. The molecule has 0 spiro atoms. The summed E-state index contributed by atoms with van der Waals surface area (Å²) in [5, 5.41) is 15.2. The number of benzene rings is 4. The van der Waals surface area contributed by atoms with E-state index in [2.05, 4.69) is 5.32 Å². The van der Waals surface area contributed by atoms with Crippen LogP contribution in [0.15, 0.2) is 97.1 Å². The van der Waals surface area contributed by atoms with Gasteiger partial charge in [-0.3, -0.25) is 14.9 Å². The molecule has 0 saturated carbocycles. The van der Waals surface area contributed by atoms with Crippen LogP contribution in [0.3, 0.4) is 0 Å². The molecule has 1 heterocycles. The summed E-state index contributed by atoms with van der Waals surface area (Å²) < 4.78 is 16.1. The molecule has 1 amide bonds. The average molecular weight is 512 g/mol. The van der Waals surface area contributed by atoms with Gasteiger partial charge in [-0.05, 0) is 48.0 Å². The highest BCUT2D eigenvalue weighted by molar-refractivity contribution is 5.98. The van der Waals surface area contributed by atoms with Gasteiger partial charge >= 0.3 is 0 Å². The molecule has 4 aromatic rings. The van der Waals surface area contributed by atoms with Crippen molar-refractivity contribution in [3.63, 3.8) is 0 Å². The zero-order valence-corrected chi connectivity index (χ0v) is 20.6. The number of hydrogen-bond acceptors (Lipinski definition) is 7. The van der Waals surface area contributed by atoms with Crippen molar-refractivity contribution in [1.82, 2.24) is 0 Å². The number of nitro benzene ring substituents is 1. The van der Waals surface area contributed by atoms with E-state index >= 15 is 0 Å². The first kappa shape index (κ1) is 24.6. The summed E-state index contributed by atoms with van der Waals surface area (Å²) in [4.78, 5) is 27.7. The number of ether oxygens (including phenoxy) is 3. The Labute approximate surface area is 219 Å². The maximum Gasteiger partial charge on any atom is 0.279 e. The first-order valence-electron chi connectivity index (χ1n) is 11.9. The number of para-hydroxylation sites is 1. The summed E-state index contributed by atoms with van der Waals surface area (Å²) >= 11 is 0. The molecule has 1 aliphatic heterocycles. The van der Waals surface area contributed by atoms with E-state index in [1.807, 2.05) is 65.6 Å². The van der Waals surface area contributed by atoms with Crippen molar-refractivity contribution >= 4 is 23.0 Å². The number of carbonyl (C=O) groups excluding carboxylic acids is 1. The number of carbonyl (C=O) groups is 1. The summed E-state index contributed by atoms with van der Waals surface area (Å²) in [7, 11) is 1.56. The summed E-state index contributed by atoms with van der Waals surface area (Å²) in [5.41, 5.74) is 2.13. The minimum atomic E-state index is -1.09. The van der Waals surface area contributed by atoms with Gasteiger partial charge in [0.05, 0.1) is 23.7 Å². The lowest BCUT2D eigenvalue weighted by atomic mass is 9.99. The first-order valence-corrected chi connectivity index (χ1v) is 11.9. The molecule has 5 rings (SSSR count). The van der Waals surface area contributed by atoms with Crippen LogP contribution < -0.4 is 24.4 Å². The van der Waals surface area contributed by atoms with Gasteiger partial charge in [0.15, 0.2) is 11.5 Å². The van der Waals surface area contributed by atoms with Gasteiger partial charge in [0.1, 0.15) is 11.8 Å². The van der Waals surface area contributed by atoms with Crippen molar-refractivity contribution in [3.8, 4) is 17.2 Å². The van der Waals surface area contributed by atoms with Crippen LogP contribution in [-0.2, 0) is 11.3 Å². The summed E-state index contributed by atoms with van der Waals surface area (Å²) in [6.45, 7) is 0.266. The fourth-order valence-electron chi connectivity index (χ4n) is 4.39. The van der Waals surface area contributed by atoms with Crippen molar-refractivity contribution in [3.05, 3.63) is 118 Å². The molecular formula is C29H25N3O6. The summed E-state index contributed by atoms with van der Waals surface area (Å²) in [6, 6.07) is 27.6. The molecule has 0 saturated heterocycles. The zero-order chi connectivity index (χ0) is 26.5. The Morgan fingerprint density at radius 1 is 0.974 bits per heavy atom. The van der Waals surface area contributed by atoms with Gasteiger partial charge < -0.3 is 24.4 Å². The molecule has 9 heteroatoms. The molecule has 0 unspecified atom stereocenters. The van der Waals surface area contributed by atoms with Gasteiger partial charge in [0, 0.05) is 17.9 Å². The van der Waals surface area contributed by atoms with Crippen LogP contribution >= 0.6 is 0 Å². The molecule has 0 aromatic heterocycles. The van der Waals surface area contributed by atoms with E-state index in [4.69, 9.17) is 14.2 Å². The molecule has 4 aromatic carbocycles. The van der Waals surface area contributed by atoms with Crippen molar-refractivity contribution in [2.75, 3.05) is 24.1 Å². The van der Waals surface area contributed by atoms with Crippen molar-refractivity contribution < 1.29 is 23.9 Å². The number of nitrogens with one attached hydrogen (secondary N) is 1. The number of fused-ring (bicyclic) bond motifs is 1. The zero-order valence-electron chi connectivity index (χ0n) is 20.6. The largest absolute Gasteiger partial charge is 0.497 e. The lowest BCUT2D eigenvalue weighted by molar-refractivity contribution is -0.385. The number of nitrogens with zero attached hydrogens (tertiary/aromatic N) is 2. The summed E-state index contributed by atoms with van der Waals surface area (Å²) in [6.07, 6.45) is 0. The molecule has 9 nitrogen and oxygen atoms in total. The molecule has 1 atom stereocenters. The Morgan fingerprint density at radius 2 is 1.61 bits per heavy atom. The Kier molecular flexibility index (Phi) is 7.08. The van der Waals surface area contributed by atoms with Crippen LogP contribution in [0, 0.1) is 10.1 Å². The smallest absolute Gasteiger partial charge is 0.279 e. The molecule has 0 bridgehead atoms. The Hall–Kier alpha value is -5.05. The monoisotopic (exact) mass is 511 g/mol. The fraction of sp³-hybridized carbons (Fsp3) is 0.138. The number of rotatable bonds is 9. The molecule has 1 N–H and O–H groups in total. The third kappa shape index (κ3) is 5.22. The van der Waals surface area contributed by atoms with E-state index in [1.54, 1.807) is 31.4 Å². The van der Waals surface area contributed by atoms with E-state index in [1.165, 1.54) is 12.1 Å². The maximum atomic E-state index is 14.1. The second-order valence-electron chi connectivity index (χ2n) is 8.59. The van der Waals surface area contributed by atoms with Crippen molar-refractivity contribution in [2.24, 2.45) is 0 Å². The SMILES string of the molecule is COc1ccc(NC(=O)[C@@H](c2cc3c(cc2[N+](=O)[O-])OCO3)N(Cc2ccccc2)c2ccccc2)cc1. The van der Waals surface area contributed by atoms with E-state index in [-0.39, 0.29) is 23.8 Å². The highest BCUT2D eigenvalue weighted by atomic mass is 16.7. The van der Waals surface area contributed by atoms with Crippen LogP contribution in [0.1, 0.15) is 17.2 Å². The van der Waals surface area contributed by atoms with Crippen LogP contribution in [0.4, 0.5) is 17.1 Å². The summed E-state index contributed by atoms with van der Waals surface area (Å²) in [5.74, 6) is 0.808.